The largest absolute Gasteiger partial charge is 0.337 e. The van der Waals surface area contributed by atoms with Crippen LogP contribution in [0.2, 0.25) is 0 Å². The summed E-state index contributed by atoms with van der Waals surface area (Å²) < 4.78 is 0. The standard InChI is InChI=1S/C9H10N2O/c1-3-4-7-5-8(6-12)11-9(7)10-2/h3-6,11H,2H2,1H3/b4-3-. The van der Waals surface area contributed by atoms with E-state index in [0.29, 0.717) is 11.5 Å². The number of rotatable bonds is 3. The molecule has 0 aliphatic heterocycles. The first-order valence-corrected chi connectivity index (χ1v) is 3.59. The number of aromatic nitrogens is 1. The molecular weight excluding hydrogens is 152 g/mol. The molecule has 0 spiro atoms. The van der Waals surface area contributed by atoms with Crippen LogP contribution in [0.1, 0.15) is 23.0 Å². The van der Waals surface area contributed by atoms with Crippen LogP contribution in [-0.4, -0.2) is 18.0 Å². The van der Waals surface area contributed by atoms with E-state index in [2.05, 4.69) is 16.7 Å². The molecule has 1 aromatic rings. The topological polar surface area (TPSA) is 45.2 Å². The second-order valence-corrected chi connectivity index (χ2v) is 2.30. The van der Waals surface area contributed by atoms with E-state index >= 15 is 0 Å². The van der Waals surface area contributed by atoms with Crippen LogP contribution in [0.4, 0.5) is 5.82 Å². The molecular formula is C9H10N2O. The molecule has 1 heterocycles. The smallest absolute Gasteiger partial charge is 0.166 e. The van der Waals surface area contributed by atoms with Crippen LogP contribution in [0.15, 0.2) is 17.1 Å². The minimum absolute atomic E-state index is 0.519. The maximum absolute atomic E-state index is 10.4. The molecule has 0 unspecified atom stereocenters. The van der Waals surface area contributed by atoms with Crippen molar-refractivity contribution in [3.63, 3.8) is 0 Å². The van der Waals surface area contributed by atoms with Gasteiger partial charge in [-0.25, -0.2) is 4.99 Å². The Kier molecular flexibility index (Phi) is 2.58. The molecule has 1 rings (SSSR count). The summed E-state index contributed by atoms with van der Waals surface area (Å²) >= 11 is 0. The number of nitrogens with one attached hydrogen (secondary N) is 1. The first kappa shape index (κ1) is 8.46. The molecule has 3 nitrogen and oxygen atoms in total. The zero-order valence-corrected chi connectivity index (χ0v) is 6.87. The van der Waals surface area contributed by atoms with Crippen molar-refractivity contribution in [2.75, 3.05) is 0 Å². The van der Waals surface area contributed by atoms with Crippen molar-refractivity contribution in [2.24, 2.45) is 4.99 Å². The summed E-state index contributed by atoms with van der Waals surface area (Å²) in [5.74, 6) is 0.634. The van der Waals surface area contributed by atoms with Crippen LogP contribution < -0.4 is 0 Å². The van der Waals surface area contributed by atoms with E-state index in [4.69, 9.17) is 0 Å². The minimum Gasteiger partial charge on any atom is -0.337 e. The number of aldehydes is 1. The summed E-state index contributed by atoms with van der Waals surface area (Å²) in [5, 5.41) is 0. The zero-order chi connectivity index (χ0) is 8.97. The van der Waals surface area contributed by atoms with Gasteiger partial charge in [-0.15, -0.1) is 0 Å². The molecule has 3 heteroatoms. The summed E-state index contributed by atoms with van der Waals surface area (Å²) in [4.78, 5) is 16.9. The van der Waals surface area contributed by atoms with Gasteiger partial charge in [-0.2, -0.15) is 0 Å². The maximum atomic E-state index is 10.4. The normalized spacial score (nSPS) is 10.4. The number of aromatic amines is 1. The summed E-state index contributed by atoms with van der Waals surface area (Å²) in [6.07, 6.45) is 4.50. The Labute approximate surface area is 70.8 Å². The van der Waals surface area contributed by atoms with Gasteiger partial charge in [-0.3, -0.25) is 4.79 Å². The van der Waals surface area contributed by atoms with Gasteiger partial charge < -0.3 is 4.98 Å². The molecule has 0 bridgehead atoms. The van der Waals surface area contributed by atoms with E-state index in [9.17, 15) is 4.79 Å². The molecule has 1 aromatic heterocycles. The van der Waals surface area contributed by atoms with Gasteiger partial charge in [0, 0.05) is 5.56 Å². The predicted octanol–water partition coefficient (Wildman–Crippen LogP) is 2.19. The van der Waals surface area contributed by atoms with Crippen LogP contribution in [0, 0.1) is 0 Å². The average Bonchev–Trinajstić information content (AvgIpc) is 2.48. The van der Waals surface area contributed by atoms with E-state index in [-0.39, 0.29) is 0 Å². The number of aliphatic imine (C=N–C) groups is 1. The van der Waals surface area contributed by atoms with Crippen molar-refractivity contribution in [3.05, 3.63) is 23.4 Å². The molecule has 0 aliphatic carbocycles. The van der Waals surface area contributed by atoms with Gasteiger partial charge >= 0.3 is 0 Å². The fourth-order valence-electron chi connectivity index (χ4n) is 0.982. The Morgan fingerprint density at radius 3 is 2.92 bits per heavy atom. The van der Waals surface area contributed by atoms with Gasteiger partial charge in [-0.05, 0) is 19.7 Å². The number of carbonyl (C=O) groups excluding carboxylic acids is 1. The third kappa shape index (κ3) is 1.50. The summed E-state index contributed by atoms with van der Waals surface area (Å²) in [6, 6.07) is 1.73. The predicted molar refractivity (Wildman–Crippen MR) is 50.1 cm³/mol. The molecule has 0 radical (unpaired) electrons. The van der Waals surface area contributed by atoms with Crippen molar-refractivity contribution in [1.29, 1.82) is 0 Å². The van der Waals surface area contributed by atoms with Gasteiger partial charge in [0.25, 0.3) is 0 Å². The first-order valence-electron chi connectivity index (χ1n) is 3.59. The van der Waals surface area contributed by atoms with Gasteiger partial charge in [0.05, 0.1) is 5.69 Å². The lowest BCUT2D eigenvalue weighted by Gasteiger charge is -1.87. The lowest BCUT2D eigenvalue weighted by Crippen LogP contribution is -1.73. The molecule has 0 fully saturated rings. The lowest BCUT2D eigenvalue weighted by atomic mass is 10.3. The highest BCUT2D eigenvalue weighted by Crippen LogP contribution is 2.19. The van der Waals surface area contributed by atoms with Gasteiger partial charge in [0.15, 0.2) is 6.29 Å². The van der Waals surface area contributed by atoms with E-state index in [1.165, 1.54) is 0 Å². The Bertz CT molecular complexity index is 323. The highest BCUT2D eigenvalue weighted by atomic mass is 16.1. The summed E-state index contributed by atoms with van der Waals surface area (Å²) in [5.41, 5.74) is 1.40. The number of hydrogen-bond acceptors (Lipinski definition) is 2. The number of H-pyrrole nitrogens is 1. The summed E-state index contributed by atoms with van der Waals surface area (Å²) in [7, 11) is 0. The van der Waals surface area contributed by atoms with Crippen molar-refractivity contribution >= 4 is 24.9 Å². The highest BCUT2D eigenvalue weighted by molar-refractivity contribution is 5.78. The Hall–Kier alpha value is -1.64. The summed E-state index contributed by atoms with van der Waals surface area (Å²) in [6.45, 7) is 5.29. The van der Waals surface area contributed by atoms with Crippen molar-refractivity contribution in [2.45, 2.75) is 6.92 Å². The molecule has 12 heavy (non-hydrogen) atoms. The highest BCUT2D eigenvalue weighted by Gasteiger charge is 2.01. The van der Waals surface area contributed by atoms with Crippen LogP contribution in [-0.2, 0) is 0 Å². The third-order valence-electron chi connectivity index (χ3n) is 1.48. The molecule has 62 valence electrons. The van der Waals surface area contributed by atoms with Crippen LogP contribution in [0.25, 0.3) is 6.08 Å². The quantitative estimate of drug-likeness (QED) is 0.537. The lowest BCUT2D eigenvalue weighted by molar-refractivity contribution is 0.111. The molecule has 1 N–H and O–H groups in total. The average molecular weight is 162 g/mol. The van der Waals surface area contributed by atoms with Crippen LogP contribution in [0.5, 0.6) is 0 Å². The van der Waals surface area contributed by atoms with Gasteiger partial charge in [0.1, 0.15) is 5.82 Å². The van der Waals surface area contributed by atoms with Crippen LogP contribution >= 0.6 is 0 Å². The molecule has 0 saturated carbocycles. The third-order valence-corrected chi connectivity index (χ3v) is 1.48. The van der Waals surface area contributed by atoms with E-state index in [0.717, 1.165) is 11.8 Å². The van der Waals surface area contributed by atoms with Crippen molar-refractivity contribution in [1.82, 2.24) is 4.98 Å². The Morgan fingerprint density at radius 2 is 2.42 bits per heavy atom. The first-order chi connectivity index (χ1) is 5.81. The van der Waals surface area contributed by atoms with Crippen LogP contribution in [0.3, 0.4) is 0 Å². The monoisotopic (exact) mass is 162 g/mol. The zero-order valence-electron chi connectivity index (χ0n) is 6.87. The maximum Gasteiger partial charge on any atom is 0.166 e. The molecule has 0 amide bonds. The van der Waals surface area contributed by atoms with E-state index < -0.39 is 0 Å². The van der Waals surface area contributed by atoms with Gasteiger partial charge in [0.2, 0.25) is 0 Å². The second kappa shape index (κ2) is 3.67. The number of hydrogen-bond donors (Lipinski definition) is 1. The molecule has 0 atom stereocenters. The van der Waals surface area contributed by atoms with E-state index in [1.54, 1.807) is 6.07 Å². The van der Waals surface area contributed by atoms with E-state index in [1.807, 2.05) is 19.1 Å². The number of carbonyl (C=O) groups is 1. The fraction of sp³-hybridized carbons (Fsp3) is 0.111. The number of nitrogens with zero attached hydrogens (tertiary/aromatic N) is 1. The number of allylic oxidation sites excluding steroid dienone is 1. The molecule has 0 aromatic carbocycles. The molecule has 0 saturated heterocycles. The van der Waals surface area contributed by atoms with Crippen molar-refractivity contribution in [3.8, 4) is 0 Å². The SMILES string of the molecule is C=Nc1[nH]c(C=O)cc1/C=C\C. The Morgan fingerprint density at radius 1 is 1.67 bits per heavy atom. The second-order valence-electron chi connectivity index (χ2n) is 2.30. The Balaban J connectivity index is 3.15. The fourth-order valence-corrected chi connectivity index (χ4v) is 0.982. The minimum atomic E-state index is 0.519. The molecule has 0 aliphatic rings. The van der Waals surface area contributed by atoms with Crippen molar-refractivity contribution < 1.29 is 4.79 Å². The van der Waals surface area contributed by atoms with Gasteiger partial charge in [-0.1, -0.05) is 12.2 Å².